The van der Waals surface area contributed by atoms with E-state index in [1.807, 2.05) is 13.3 Å². The lowest BCUT2D eigenvalue weighted by Gasteiger charge is -2.17. The zero-order valence-corrected chi connectivity index (χ0v) is 9.01. The summed E-state index contributed by atoms with van der Waals surface area (Å²) in [5.41, 5.74) is 0. The van der Waals surface area contributed by atoms with Crippen LogP contribution < -0.4 is 0 Å². The first kappa shape index (κ1) is 11.7. The van der Waals surface area contributed by atoms with Crippen LogP contribution in [0.1, 0.15) is 46.5 Å². The Bertz CT molecular complexity index is 118. The second-order valence-electron chi connectivity index (χ2n) is 3.77. The third-order valence-electron chi connectivity index (χ3n) is 2.64. The van der Waals surface area contributed by atoms with Crippen LogP contribution in [0.15, 0.2) is 4.99 Å². The van der Waals surface area contributed by atoms with E-state index in [2.05, 4.69) is 25.8 Å². The van der Waals surface area contributed by atoms with Crippen molar-refractivity contribution in [2.45, 2.75) is 46.5 Å². The molecule has 0 fully saturated rings. The normalized spacial score (nSPS) is 16.7. The summed E-state index contributed by atoms with van der Waals surface area (Å²) in [6.45, 7) is 6.93. The van der Waals surface area contributed by atoms with Gasteiger partial charge in [0.2, 0.25) is 0 Å². The molecule has 0 aromatic rings. The lowest BCUT2D eigenvalue weighted by molar-refractivity contribution is 0.366. The largest absolute Gasteiger partial charge is 0.301 e. The van der Waals surface area contributed by atoms with E-state index >= 15 is 0 Å². The highest BCUT2D eigenvalue weighted by molar-refractivity contribution is 5.57. The molecule has 0 saturated carbocycles. The van der Waals surface area contributed by atoms with E-state index < -0.39 is 0 Å². The van der Waals surface area contributed by atoms with Gasteiger partial charge in [0.25, 0.3) is 0 Å². The minimum atomic E-state index is 0.792. The molecule has 0 saturated heterocycles. The summed E-state index contributed by atoms with van der Waals surface area (Å²) in [5, 5.41) is 0. The second-order valence-corrected chi connectivity index (χ2v) is 3.77. The van der Waals surface area contributed by atoms with Crippen molar-refractivity contribution in [3.05, 3.63) is 0 Å². The van der Waals surface area contributed by atoms with Crippen molar-refractivity contribution in [1.29, 1.82) is 0 Å². The number of nitrogens with zero attached hydrogens (tertiary/aromatic N) is 1. The van der Waals surface area contributed by atoms with Crippen LogP contribution in [0.25, 0.3) is 0 Å². The van der Waals surface area contributed by atoms with E-state index in [1.54, 1.807) is 0 Å². The van der Waals surface area contributed by atoms with Crippen LogP contribution in [0.4, 0.5) is 0 Å². The highest BCUT2D eigenvalue weighted by Crippen LogP contribution is 2.19. The Balaban J connectivity index is 3.53. The molecule has 1 heteroatoms. The Morgan fingerprint density at radius 1 is 1.25 bits per heavy atom. The molecule has 1 nitrogen and oxygen atoms in total. The molecule has 0 aliphatic carbocycles. The molecule has 0 N–H and O–H groups in total. The van der Waals surface area contributed by atoms with Gasteiger partial charge < -0.3 is 4.99 Å². The van der Waals surface area contributed by atoms with Gasteiger partial charge in [0, 0.05) is 7.05 Å². The summed E-state index contributed by atoms with van der Waals surface area (Å²) in [7, 11) is 1.85. The molecule has 0 spiro atoms. The van der Waals surface area contributed by atoms with E-state index in [1.165, 1.54) is 19.3 Å². The van der Waals surface area contributed by atoms with Gasteiger partial charge in [-0.25, -0.2) is 0 Å². The monoisotopic (exact) mass is 169 g/mol. The average molecular weight is 169 g/mol. The van der Waals surface area contributed by atoms with Crippen molar-refractivity contribution >= 4 is 6.21 Å². The molecule has 0 radical (unpaired) electrons. The third kappa shape index (κ3) is 5.34. The first-order valence-electron chi connectivity index (χ1n) is 5.13. The van der Waals surface area contributed by atoms with Gasteiger partial charge >= 0.3 is 0 Å². The number of aliphatic imine (C=N–C) groups is 1. The summed E-state index contributed by atoms with van der Waals surface area (Å²) >= 11 is 0. The fourth-order valence-corrected chi connectivity index (χ4v) is 1.31. The smallest absolute Gasteiger partial charge is 0.0273 e. The molecule has 0 aliphatic heterocycles. The van der Waals surface area contributed by atoms with Gasteiger partial charge in [-0.2, -0.15) is 0 Å². The molecule has 0 aliphatic rings. The lowest BCUT2D eigenvalue weighted by Crippen LogP contribution is -2.08. The van der Waals surface area contributed by atoms with Gasteiger partial charge in [0.15, 0.2) is 0 Å². The molecule has 0 amide bonds. The number of rotatable bonds is 6. The van der Waals surface area contributed by atoms with Crippen molar-refractivity contribution in [2.75, 3.05) is 7.05 Å². The van der Waals surface area contributed by atoms with Crippen LogP contribution in [0.5, 0.6) is 0 Å². The molecular formula is C11H23N. The third-order valence-corrected chi connectivity index (χ3v) is 2.64. The summed E-state index contributed by atoms with van der Waals surface area (Å²) in [6.07, 6.45) is 7.23. The van der Waals surface area contributed by atoms with E-state index in [0.29, 0.717) is 0 Å². The van der Waals surface area contributed by atoms with Gasteiger partial charge in [0.1, 0.15) is 0 Å². The Morgan fingerprint density at radius 2 is 1.92 bits per heavy atom. The quantitative estimate of drug-likeness (QED) is 0.539. The molecular weight excluding hydrogens is 146 g/mol. The van der Waals surface area contributed by atoms with Crippen LogP contribution in [0.2, 0.25) is 0 Å². The first-order valence-corrected chi connectivity index (χ1v) is 5.13. The van der Waals surface area contributed by atoms with Crippen LogP contribution >= 0.6 is 0 Å². The molecule has 0 heterocycles. The van der Waals surface area contributed by atoms with Crippen LogP contribution in [-0.4, -0.2) is 13.3 Å². The minimum absolute atomic E-state index is 0.792. The van der Waals surface area contributed by atoms with Crippen molar-refractivity contribution in [3.8, 4) is 0 Å². The number of hydrogen-bond acceptors (Lipinski definition) is 1. The highest BCUT2D eigenvalue weighted by atomic mass is 14.6. The van der Waals surface area contributed by atoms with E-state index in [4.69, 9.17) is 0 Å². The van der Waals surface area contributed by atoms with Crippen molar-refractivity contribution in [2.24, 2.45) is 16.8 Å². The van der Waals surface area contributed by atoms with Crippen LogP contribution in [0.3, 0.4) is 0 Å². The summed E-state index contributed by atoms with van der Waals surface area (Å²) in [5.74, 6) is 1.64. The Morgan fingerprint density at radius 3 is 2.42 bits per heavy atom. The molecule has 2 unspecified atom stereocenters. The maximum Gasteiger partial charge on any atom is 0.0273 e. The predicted octanol–water partition coefficient (Wildman–Crippen LogP) is 3.54. The van der Waals surface area contributed by atoms with Gasteiger partial charge in [-0.05, 0) is 24.5 Å². The van der Waals surface area contributed by atoms with Gasteiger partial charge in [-0.3, -0.25) is 0 Å². The van der Waals surface area contributed by atoms with Crippen LogP contribution in [0, 0.1) is 11.8 Å². The lowest BCUT2D eigenvalue weighted by atomic mass is 9.89. The predicted molar refractivity (Wildman–Crippen MR) is 56.9 cm³/mol. The molecule has 12 heavy (non-hydrogen) atoms. The molecule has 2 atom stereocenters. The molecule has 0 bridgehead atoms. The molecule has 0 aromatic carbocycles. The van der Waals surface area contributed by atoms with E-state index in [9.17, 15) is 0 Å². The Kier molecular flexibility index (Phi) is 7.12. The van der Waals surface area contributed by atoms with Gasteiger partial charge in [-0.1, -0.05) is 40.0 Å². The summed E-state index contributed by atoms with van der Waals surface area (Å²) in [6, 6.07) is 0. The fraction of sp³-hybridized carbons (Fsp3) is 0.909. The minimum Gasteiger partial charge on any atom is -0.301 e. The zero-order chi connectivity index (χ0) is 9.40. The SMILES string of the molecule is CCCCC(C)C(C)C/C=N\C. The summed E-state index contributed by atoms with van der Waals surface area (Å²) < 4.78 is 0. The fourth-order valence-electron chi connectivity index (χ4n) is 1.31. The maximum absolute atomic E-state index is 4.01. The topological polar surface area (TPSA) is 12.4 Å². The maximum atomic E-state index is 4.01. The average Bonchev–Trinajstić information content (AvgIpc) is 2.10. The van der Waals surface area contributed by atoms with Gasteiger partial charge in [0.05, 0.1) is 0 Å². The van der Waals surface area contributed by atoms with E-state index in [-0.39, 0.29) is 0 Å². The molecule has 0 aromatic heterocycles. The Labute approximate surface area is 77.3 Å². The van der Waals surface area contributed by atoms with Crippen molar-refractivity contribution in [1.82, 2.24) is 0 Å². The standard InChI is InChI=1S/C11H23N/c1-5-6-7-10(2)11(3)8-9-12-4/h9-11H,5-8H2,1-4H3/b12-9-. The highest BCUT2D eigenvalue weighted by Gasteiger charge is 2.09. The van der Waals surface area contributed by atoms with Gasteiger partial charge in [-0.15, -0.1) is 0 Å². The van der Waals surface area contributed by atoms with Crippen molar-refractivity contribution in [3.63, 3.8) is 0 Å². The second kappa shape index (κ2) is 7.33. The van der Waals surface area contributed by atoms with E-state index in [0.717, 1.165) is 18.3 Å². The Hall–Kier alpha value is -0.330. The van der Waals surface area contributed by atoms with Crippen LogP contribution in [-0.2, 0) is 0 Å². The number of unbranched alkanes of at least 4 members (excludes halogenated alkanes) is 1. The summed E-state index contributed by atoms with van der Waals surface area (Å²) in [4.78, 5) is 4.01. The van der Waals surface area contributed by atoms with Crippen molar-refractivity contribution < 1.29 is 0 Å². The first-order chi connectivity index (χ1) is 5.72. The molecule has 72 valence electrons. The number of hydrogen-bond donors (Lipinski definition) is 0. The zero-order valence-electron chi connectivity index (χ0n) is 9.01. The molecule has 0 rings (SSSR count).